The van der Waals surface area contributed by atoms with E-state index in [1.54, 1.807) is 11.3 Å². The third-order valence-electron chi connectivity index (χ3n) is 3.35. The van der Waals surface area contributed by atoms with Gasteiger partial charge in [0.25, 0.3) is 0 Å². The molecule has 0 spiro atoms. The first kappa shape index (κ1) is 10.8. The van der Waals surface area contributed by atoms with Crippen molar-refractivity contribution in [3.05, 3.63) is 16.1 Å². The maximum atomic E-state index is 10.5. The van der Waals surface area contributed by atoms with Crippen molar-refractivity contribution in [3.8, 4) is 0 Å². The summed E-state index contributed by atoms with van der Waals surface area (Å²) in [4.78, 5) is 14.9. The molecule has 0 unspecified atom stereocenters. The number of aromatic nitrogens is 1. The molecule has 0 radical (unpaired) electrons. The van der Waals surface area contributed by atoms with E-state index in [1.807, 2.05) is 5.38 Å². The summed E-state index contributed by atoms with van der Waals surface area (Å²) in [5.74, 6) is 0.594. The fourth-order valence-electron chi connectivity index (χ4n) is 2.19. The van der Waals surface area contributed by atoms with E-state index in [2.05, 4.69) is 18.8 Å². The Morgan fingerprint density at radius 1 is 1.47 bits per heavy atom. The van der Waals surface area contributed by atoms with Crippen LogP contribution in [-0.4, -0.2) is 11.3 Å². The van der Waals surface area contributed by atoms with Crippen molar-refractivity contribution in [2.45, 2.75) is 45.4 Å². The molecular weight excluding hydrogens is 206 g/mol. The Morgan fingerprint density at radius 3 is 2.67 bits per heavy atom. The zero-order valence-corrected chi connectivity index (χ0v) is 10.1. The Labute approximate surface area is 94.7 Å². The highest BCUT2D eigenvalue weighted by Crippen LogP contribution is 2.42. The average molecular weight is 223 g/mol. The monoisotopic (exact) mass is 223 g/mol. The average Bonchev–Trinajstić information content (AvgIpc) is 2.66. The summed E-state index contributed by atoms with van der Waals surface area (Å²) in [6.07, 6.45) is 5.83. The van der Waals surface area contributed by atoms with Gasteiger partial charge in [0.1, 0.15) is 5.69 Å². The number of hydrogen-bond donors (Lipinski definition) is 0. The highest BCUT2D eigenvalue weighted by Gasteiger charge is 2.28. The molecule has 0 aromatic carbocycles. The number of carbonyl (C=O) groups is 1. The van der Waals surface area contributed by atoms with Gasteiger partial charge >= 0.3 is 0 Å². The molecule has 3 heteroatoms. The van der Waals surface area contributed by atoms with Crippen molar-refractivity contribution in [1.82, 2.24) is 4.98 Å². The lowest BCUT2D eigenvalue weighted by Gasteiger charge is -2.33. The summed E-state index contributed by atoms with van der Waals surface area (Å²) in [6, 6.07) is 0. The Kier molecular flexibility index (Phi) is 2.91. The molecule has 1 aromatic heterocycles. The summed E-state index contributed by atoms with van der Waals surface area (Å²) in [7, 11) is 0. The fourth-order valence-corrected chi connectivity index (χ4v) is 3.12. The van der Waals surface area contributed by atoms with Gasteiger partial charge in [-0.3, -0.25) is 4.79 Å². The predicted molar refractivity (Wildman–Crippen MR) is 62.5 cm³/mol. The van der Waals surface area contributed by atoms with Gasteiger partial charge in [0.15, 0.2) is 6.29 Å². The molecule has 82 valence electrons. The first-order valence-electron chi connectivity index (χ1n) is 5.51. The first-order chi connectivity index (χ1) is 7.11. The molecule has 0 atom stereocenters. The lowest BCUT2D eigenvalue weighted by Crippen LogP contribution is -2.20. The van der Waals surface area contributed by atoms with Crippen molar-refractivity contribution in [1.29, 1.82) is 0 Å². The van der Waals surface area contributed by atoms with Crippen LogP contribution in [0.5, 0.6) is 0 Å². The second-order valence-electron chi connectivity index (χ2n) is 5.17. The van der Waals surface area contributed by atoms with Crippen molar-refractivity contribution >= 4 is 17.6 Å². The van der Waals surface area contributed by atoms with E-state index in [0.29, 0.717) is 17.0 Å². The van der Waals surface area contributed by atoms with Crippen molar-refractivity contribution in [2.24, 2.45) is 5.41 Å². The third-order valence-corrected chi connectivity index (χ3v) is 4.37. The van der Waals surface area contributed by atoms with E-state index in [9.17, 15) is 4.79 Å². The molecule has 2 nitrogen and oxygen atoms in total. The van der Waals surface area contributed by atoms with Gasteiger partial charge in [-0.2, -0.15) is 0 Å². The van der Waals surface area contributed by atoms with Gasteiger partial charge in [0.2, 0.25) is 0 Å². The number of nitrogens with zero attached hydrogens (tertiary/aromatic N) is 1. The quantitative estimate of drug-likeness (QED) is 0.716. The molecular formula is C12H17NOS. The first-order valence-corrected chi connectivity index (χ1v) is 6.39. The maximum Gasteiger partial charge on any atom is 0.169 e. The van der Waals surface area contributed by atoms with Crippen LogP contribution in [0.25, 0.3) is 0 Å². The van der Waals surface area contributed by atoms with Gasteiger partial charge in [-0.15, -0.1) is 11.3 Å². The molecule has 0 aliphatic heterocycles. The van der Waals surface area contributed by atoms with Crippen molar-refractivity contribution in [3.63, 3.8) is 0 Å². The van der Waals surface area contributed by atoms with Crippen LogP contribution in [-0.2, 0) is 0 Å². The Bertz CT molecular complexity index is 346. The Morgan fingerprint density at radius 2 is 2.13 bits per heavy atom. The normalized spacial score (nSPS) is 21.5. The van der Waals surface area contributed by atoms with E-state index in [-0.39, 0.29) is 0 Å². The molecule has 0 bridgehead atoms. The highest BCUT2D eigenvalue weighted by molar-refractivity contribution is 7.09. The SMILES string of the molecule is CC1(C)CCC(c2nc(C=O)cs2)CC1. The van der Waals surface area contributed by atoms with E-state index >= 15 is 0 Å². The summed E-state index contributed by atoms with van der Waals surface area (Å²) in [5, 5.41) is 3.02. The number of hydrogen-bond acceptors (Lipinski definition) is 3. The van der Waals surface area contributed by atoms with Crippen LogP contribution >= 0.6 is 11.3 Å². The number of rotatable bonds is 2. The molecule has 0 saturated heterocycles. The van der Waals surface area contributed by atoms with Gasteiger partial charge in [-0.25, -0.2) is 4.98 Å². The van der Waals surface area contributed by atoms with Gasteiger partial charge < -0.3 is 0 Å². The van der Waals surface area contributed by atoms with Crippen LogP contribution in [0, 0.1) is 5.41 Å². The van der Waals surface area contributed by atoms with E-state index in [1.165, 1.54) is 25.7 Å². The van der Waals surface area contributed by atoms with Crippen LogP contribution in [0.4, 0.5) is 0 Å². The zero-order chi connectivity index (χ0) is 10.9. The largest absolute Gasteiger partial charge is 0.296 e. The number of carbonyl (C=O) groups excluding carboxylic acids is 1. The summed E-state index contributed by atoms with van der Waals surface area (Å²) in [5.41, 5.74) is 1.10. The summed E-state index contributed by atoms with van der Waals surface area (Å²) in [6.45, 7) is 4.67. The minimum atomic E-state index is 0.501. The fraction of sp³-hybridized carbons (Fsp3) is 0.667. The van der Waals surface area contributed by atoms with Gasteiger partial charge in [0.05, 0.1) is 5.01 Å². The minimum Gasteiger partial charge on any atom is -0.296 e. The number of aldehydes is 1. The minimum absolute atomic E-state index is 0.501. The molecule has 1 aliphatic rings. The van der Waals surface area contributed by atoms with E-state index < -0.39 is 0 Å². The molecule has 1 aromatic rings. The number of thiazole rings is 1. The van der Waals surface area contributed by atoms with Crippen LogP contribution in [0.15, 0.2) is 5.38 Å². The molecule has 1 aliphatic carbocycles. The standard InChI is InChI=1S/C12H17NOS/c1-12(2)5-3-9(4-6-12)11-13-10(7-14)8-15-11/h7-9H,3-6H2,1-2H3. The summed E-state index contributed by atoms with van der Waals surface area (Å²) >= 11 is 1.64. The second-order valence-corrected chi connectivity index (χ2v) is 6.06. The van der Waals surface area contributed by atoms with E-state index in [0.717, 1.165) is 11.3 Å². The molecule has 15 heavy (non-hydrogen) atoms. The van der Waals surface area contributed by atoms with Gasteiger partial charge in [-0.1, -0.05) is 13.8 Å². The van der Waals surface area contributed by atoms with E-state index in [4.69, 9.17) is 0 Å². The molecule has 0 N–H and O–H groups in total. The lowest BCUT2D eigenvalue weighted by molar-refractivity contribution is 0.111. The predicted octanol–water partition coefficient (Wildman–Crippen LogP) is 3.64. The molecule has 0 amide bonds. The molecule has 2 rings (SSSR count). The van der Waals surface area contributed by atoms with Crippen LogP contribution in [0.1, 0.15) is 60.9 Å². The van der Waals surface area contributed by atoms with Crippen molar-refractivity contribution < 1.29 is 4.79 Å². The lowest BCUT2D eigenvalue weighted by atomic mass is 9.73. The van der Waals surface area contributed by atoms with Crippen LogP contribution < -0.4 is 0 Å². The van der Waals surface area contributed by atoms with Gasteiger partial charge in [0, 0.05) is 11.3 Å². The van der Waals surface area contributed by atoms with Crippen molar-refractivity contribution in [2.75, 3.05) is 0 Å². The third kappa shape index (κ3) is 2.46. The second kappa shape index (κ2) is 4.05. The zero-order valence-electron chi connectivity index (χ0n) is 9.32. The highest BCUT2D eigenvalue weighted by atomic mass is 32.1. The Hall–Kier alpha value is -0.700. The maximum absolute atomic E-state index is 10.5. The molecule has 1 fully saturated rings. The summed E-state index contributed by atoms with van der Waals surface area (Å²) < 4.78 is 0. The topological polar surface area (TPSA) is 30.0 Å². The molecule has 1 saturated carbocycles. The van der Waals surface area contributed by atoms with Crippen LogP contribution in [0.2, 0.25) is 0 Å². The Balaban J connectivity index is 2.04. The smallest absolute Gasteiger partial charge is 0.169 e. The molecule has 1 heterocycles. The van der Waals surface area contributed by atoms with Crippen LogP contribution in [0.3, 0.4) is 0 Å². The van der Waals surface area contributed by atoms with Gasteiger partial charge in [-0.05, 0) is 31.1 Å².